The van der Waals surface area contributed by atoms with Crippen LogP contribution >= 0.6 is 0 Å². The van der Waals surface area contributed by atoms with Gasteiger partial charge in [-0.1, -0.05) is 0 Å². The van der Waals surface area contributed by atoms with Crippen LogP contribution in [0.25, 0.3) is 0 Å². The second-order valence-electron chi connectivity index (χ2n) is 1.95. The number of carboxylic acid groups (broad SMARTS) is 1. The Hall–Kier alpha value is -1.39. The van der Waals surface area contributed by atoms with Crippen LogP contribution in [0.4, 0.5) is 8.78 Å². The van der Waals surface area contributed by atoms with E-state index in [2.05, 4.69) is 4.98 Å². The molecule has 0 fully saturated rings. The summed E-state index contributed by atoms with van der Waals surface area (Å²) in [5.74, 6) is -1.24. The molecule has 2 N–H and O–H groups in total. The average Bonchev–Trinajstić information content (AvgIpc) is 2.33. The van der Waals surface area contributed by atoms with E-state index < -0.39 is 12.4 Å². The van der Waals surface area contributed by atoms with Crippen molar-refractivity contribution in [3.63, 3.8) is 0 Å². The molecule has 0 aromatic carbocycles. The van der Waals surface area contributed by atoms with Crippen LogP contribution in [0, 0.1) is 0 Å². The molecule has 0 atom stereocenters. The van der Waals surface area contributed by atoms with E-state index >= 15 is 0 Å². The zero-order chi connectivity index (χ0) is 8.43. The van der Waals surface area contributed by atoms with Gasteiger partial charge in [0, 0.05) is 11.8 Å². The Labute approximate surface area is 60.7 Å². The van der Waals surface area contributed by atoms with Gasteiger partial charge in [-0.2, -0.15) is 0 Å². The van der Waals surface area contributed by atoms with Crippen LogP contribution in [-0.2, 0) is 0 Å². The Morgan fingerprint density at radius 2 is 2.27 bits per heavy atom. The number of H-pyrrole nitrogens is 1. The van der Waals surface area contributed by atoms with Gasteiger partial charge in [-0.25, -0.2) is 13.6 Å². The molecule has 1 aromatic rings. The van der Waals surface area contributed by atoms with Crippen LogP contribution < -0.4 is 0 Å². The zero-order valence-corrected chi connectivity index (χ0v) is 5.34. The fraction of sp³-hybridized carbons (Fsp3) is 0.167. The van der Waals surface area contributed by atoms with Crippen molar-refractivity contribution in [2.45, 2.75) is 6.43 Å². The fourth-order valence-electron chi connectivity index (χ4n) is 0.661. The van der Waals surface area contributed by atoms with Crippen LogP contribution in [-0.4, -0.2) is 16.1 Å². The maximum Gasteiger partial charge on any atom is 0.352 e. The first-order chi connectivity index (χ1) is 5.11. The Morgan fingerprint density at radius 3 is 2.55 bits per heavy atom. The predicted octanol–water partition coefficient (Wildman–Crippen LogP) is 1.65. The van der Waals surface area contributed by atoms with Crippen molar-refractivity contribution in [1.82, 2.24) is 4.98 Å². The third-order valence-corrected chi connectivity index (χ3v) is 1.19. The summed E-state index contributed by atoms with van der Waals surface area (Å²) in [5, 5.41) is 8.30. The van der Waals surface area contributed by atoms with Crippen LogP contribution in [0.5, 0.6) is 0 Å². The highest BCUT2D eigenvalue weighted by molar-refractivity contribution is 5.85. The molecule has 0 unspecified atom stereocenters. The van der Waals surface area contributed by atoms with E-state index in [0.29, 0.717) is 0 Å². The number of halogens is 2. The van der Waals surface area contributed by atoms with Crippen LogP contribution in [0.1, 0.15) is 22.5 Å². The Morgan fingerprint density at radius 1 is 1.64 bits per heavy atom. The lowest BCUT2D eigenvalue weighted by atomic mass is 10.3. The fourth-order valence-corrected chi connectivity index (χ4v) is 0.661. The molecule has 0 aliphatic heterocycles. The molecule has 0 aliphatic carbocycles. The lowest BCUT2D eigenvalue weighted by Gasteiger charge is -1.88. The summed E-state index contributed by atoms with van der Waals surface area (Å²) in [6.45, 7) is 0. The molecule has 0 bridgehead atoms. The first kappa shape index (κ1) is 7.71. The van der Waals surface area contributed by atoms with Gasteiger partial charge in [0.25, 0.3) is 6.43 Å². The molecule has 60 valence electrons. The molecule has 0 saturated heterocycles. The van der Waals surface area contributed by atoms with Crippen molar-refractivity contribution >= 4 is 5.97 Å². The number of alkyl halides is 2. The minimum Gasteiger partial charge on any atom is -0.477 e. The highest BCUT2D eigenvalue weighted by Gasteiger charge is 2.12. The maximum absolute atomic E-state index is 11.8. The summed E-state index contributed by atoms with van der Waals surface area (Å²) in [6, 6.07) is 0.910. The monoisotopic (exact) mass is 161 g/mol. The molecule has 1 heterocycles. The molecule has 0 radical (unpaired) electrons. The number of aromatic carboxylic acids is 1. The summed E-state index contributed by atoms with van der Waals surface area (Å²) in [6.07, 6.45) is -1.65. The molecule has 0 aliphatic rings. The summed E-state index contributed by atoms with van der Waals surface area (Å²) in [4.78, 5) is 12.4. The Bertz CT molecular complexity index is 269. The number of hydrogen-bond donors (Lipinski definition) is 2. The van der Waals surface area contributed by atoms with E-state index in [9.17, 15) is 13.6 Å². The number of hydrogen-bond acceptors (Lipinski definition) is 1. The van der Waals surface area contributed by atoms with Crippen molar-refractivity contribution in [1.29, 1.82) is 0 Å². The van der Waals surface area contributed by atoms with E-state index in [1.165, 1.54) is 0 Å². The molecular weight excluding hydrogens is 156 g/mol. The number of rotatable bonds is 2. The zero-order valence-electron chi connectivity index (χ0n) is 5.34. The van der Waals surface area contributed by atoms with Gasteiger partial charge in [-0.05, 0) is 6.07 Å². The molecule has 11 heavy (non-hydrogen) atoms. The van der Waals surface area contributed by atoms with Crippen molar-refractivity contribution in [3.8, 4) is 0 Å². The van der Waals surface area contributed by atoms with Gasteiger partial charge in [0.1, 0.15) is 5.69 Å². The SMILES string of the molecule is O=C(O)c1cc(C(F)F)c[nH]1. The second kappa shape index (κ2) is 2.69. The second-order valence-corrected chi connectivity index (χ2v) is 1.95. The topological polar surface area (TPSA) is 53.1 Å². The molecule has 0 saturated carbocycles. The van der Waals surface area contributed by atoms with E-state index in [4.69, 9.17) is 5.11 Å². The quantitative estimate of drug-likeness (QED) is 0.692. The van der Waals surface area contributed by atoms with Gasteiger partial charge in [-0.15, -0.1) is 0 Å². The highest BCUT2D eigenvalue weighted by atomic mass is 19.3. The lowest BCUT2D eigenvalue weighted by Crippen LogP contribution is -1.94. The van der Waals surface area contributed by atoms with Gasteiger partial charge in [0.2, 0.25) is 0 Å². The van der Waals surface area contributed by atoms with E-state index in [0.717, 1.165) is 12.3 Å². The smallest absolute Gasteiger partial charge is 0.352 e. The average molecular weight is 161 g/mol. The van der Waals surface area contributed by atoms with Gasteiger partial charge in [0.05, 0.1) is 0 Å². The van der Waals surface area contributed by atoms with Crippen molar-refractivity contribution in [2.24, 2.45) is 0 Å². The maximum atomic E-state index is 11.8. The minimum absolute atomic E-state index is 0.222. The van der Waals surface area contributed by atoms with Crippen molar-refractivity contribution in [2.75, 3.05) is 0 Å². The van der Waals surface area contributed by atoms with Crippen LogP contribution in [0.2, 0.25) is 0 Å². The number of carbonyl (C=O) groups is 1. The Kier molecular flexibility index (Phi) is 1.89. The molecule has 5 heteroatoms. The molecular formula is C6H5F2NO2. The first-order valence-corrected chi connectivity index (χ1v) is 2.81. The Balaban J connectivity index is 2.90. The van der Waals surface area contributed by atoms with Gasteiger partial charge in [-0.3, -0.25) is 0 Å². The number of carboxylic acids is 1. The van der Waals surface area contributed by atoms with Crippen LogP contribution in [0.3, 0.4) is 0 Å². The number of nitrogens with one attached hydrogen (secondary N) is 1. The summed E-state index contributed by atoms with van der Waals surface area (Å²) in [5.41, 5.74) is -0.525. The standard InChI is InChI=1S/C6H5F2NO2/c7-5(8)3-1-4(6(10)11)9-2-3/h1-2,5,9H,(H,10,11). The molecule has 1 aromatic heterocycles. The first-order valence-electron chi connectivity index (χ1n) is 2.81. The van der Waals surface area contributed by atoms with E-state index in [1.807, 2.05) is 0 Å². The molecule has 0 amide bonds. The molecule has 3 nitrogen and oxygen atoms in total. The summed E-state index contributed by atoms with van der Waals surface area (Å²) in [7, 11) is 0. The highest BCUT2D eigenvalue weighted by Crippen LogP contribution is 2.18. The largest absolute Gasteiger partial charge is 0.477 e. The van der Waals surface area contributed by atoms with Crippen LogP contribution in [0.15, 0.2) is 12.3 Å². The predicted molar refractivity (Wildman–Crippen MR) is 32.7 cm³/mol. The molecule has 1 rings (SSSR count). The third-order valence-electron chi connectivity index (χ3n) is 1.19. The van der Waals surface area contributed by atoms with E-state index in [1.54, 1.807) is 0 Å². The minimum atomic E-state index is -2.63. The van der Waals surface area contributed by atoms with E-state index in [-0.39, 0.29) is 11.3 Å². The van der Waals surface area contributed by atoms with Gasteiger partial charge in [0.15, 0.2) is 0 Å². The summed E-state index contributed by atoms with van der Waals surface area (Å²) >= 11 is 0. The lowest BCUT2D eigenvalue weighted by molar-refractivity contribution is 0.0691. The summed E-state index contributed by atoms with van der Waals surface area (Å²) < 4.78 is 23.7. The van der Waals surface area contributed by atoms with Gasteiger partial charge < -0.3 is 10.1 Å². The number of aromatic amines is 1. The van der Waals surface area contributed by atoms with Crippen molar-refractivity contribution in [3.05, 3.63) is 23.5 Å². The normalized spacial score (nSPS) is 10.5. The van der Waals surface area contributed by atoms with Crippen molar-refractivity contribution < 1.29 is 18.7 Å². The third kappa shape index (κ3) is 1.54. The molecule has 0 spiro atoms. The number of aromatic nitrogens is 1. The van der Waals surface area contributed by atoms with Gasteiger partial charge >= 0.3 is 5.97 Å².